The summed E-state index contributed by atoms with van der Waals surface area (Å²) in [4.78, 5) is 14.3. The topological polar surface area (TPSA) is 83.7 Å². The zero-order valence-electron chi connectivity index (χ0n) is 16.4. The Hall–Kier alpha value is -1.44. The van der Waals surface area contributed by atoms with E-state index in [1.165, 1.54) is 4.31 Å². The van der Waals surface area contributed by atoms with Gasteiger partial charge in [-0.2, -0.15) is 4.31 Å². The number of rotatable bonds is 4. The number of hydrogen-bond acceptors (Lipinski definition) is 4. The molecule has 1 heterocycles. The Morgan fingerprint density at radius 3 is 1.96 bits per heavy atom. The average molecular weight is 382 g/mol. The van der Waals surface area contributed by atoms with Gasteiger partial charge in [0.05, 0.1) is 10.9 Å². The minimum Gasteiger partial charge on any atom is -0.339 e. The molecule has 0 spiro atoms. The predicted octanol–water partition coefficient (Wildman–Crippen LogP) is 1.80. The molecule has 2 N–H and O–H groups in total. The minimum atomic E-state index is -3.55. The van der Waals surface area contributed by atoms with E-state index in [1.807, 2.05) is 26.0 Å². The highest BCUT2D eigenvalue weighted by molar-refractivity contribution is 7.89. The standard InChI is InChI=1S/C19H31N3O3S/c1-14(2)17(20)18(23)21-10-12-22(13-11-21)26(24,25)16-8-6-15(7-9-16)19(3,4)5/h6-9,14,17H,10-13,20H2,1-5H3/t17-/m0/s1. The fourth-order valence-electron chi connectivity index (χ4n) is 2.92. The SMILES string of the molecule is CC(C)[C@H](N)C(=O)N1CCN(S(=O)(=O)c2ccc(C(C)(C)C)cc2)CC1. The molecule has 1 aromatic rings. The van der Waals surface area contributed by atoms with Crippen LogP contribution in [0.25, 0.3) is 0 Å². The zero-order chi connectivity index (χ0) is 19.7. The number of carbonyl (C=O) groups excluding carboxylic acids is 1. The molecular formula is C19H31N3O3S. The minimum absolute atomic E-state index is 0.0243. The van der Waals surface area contributed by atoms with Crippen LogP contribution < -0.4 is 5.73 Å². The van der Waals surface area contributed by atoms with E-state index in [2.05, 4.69) is 20.8 Å². The number of benzene rings is 1. The van der Waals surface area contributed by atoms with Gasteiger partial charge in [0.1, 0.15) is 0 Å². The molecule has 2 rings (SSSR count). The molecule has 7 heteroatoms. The van der Waals surface area contributed by atoms with E-state index in [-0.39, 0.29) is 17.2 Å². The van der Waals surface area contributed by atoms with Crippen LogP contribution in [0.1, 0.15) is 40.2 Å². The Morgan fingerprint density at radius 1 is 1.04 bits per heavy atom. The predicted molar refractivity (Wildman–Crippen MR) is 103 cm³/mol. The van der Waals surface area contributed by atoms with Crippen LogP contribution in [0.3, 0.4) is 0 Å². The molecule has 1 amide bonds. The molecule has 0 aliphatic carbocycles. The second-order valence-electron chi connectivity index (χ2n) is 8.27. The van der Waals surface area contributed by atoms with E-state index in [1.54, 1.807) is 17.0 Å². The third kappa shape index (κ3) is 4.45. The zero-order valence-corrected chi connectivity index (χ0v) is 17.2. The Bertz CT molecular complexity index is 728. The number of nitrogens with two attached hydrogens (primary N) is 1. The van der Waals surface area contributed by atoms with Crippen molar-refractivity contribution in [2.75, 3.05) is 26.2 Å². The van der Waals surface area contributed by atoms with E-state index in [0.717, 1.165) is 5.56 Å². The van der Waals surface area contributed by atoms with Gasteiger partial charge in [0.25, 0.3) is 0 Å². The van der Waals surface area contributed by atoms with Crippen molar-refractivity contribution in [3.05, 3.63) is 29.8 Å². The molecule has 0 bridgehead atoms. The van der Waals surface area contributed by atoms with Crippen molar-refractivity contribution in [2.45, 2.75) is 51.0 Å². The fourth-order valence-corrected chi connectivity index (χ4v) is 4.34. The highest BCUT2D eigenvalue weighted by Crippen LogP contribution is 2.25. The summed E-state index contributed by atoms with van der Waals surface area (Å²) >= 11 is 0. The van der Waals surface area contributed by atoms with Gasteiger partial charge in [0.15, 0.2) is 0 Å². The summed E-state index contributed by atoms with van der Waals surface area (Å²) in [5, 5.41) is 0. The van der Waals surface area contributed by atoms with Crippen LogP contribution in [0.2, 0.25) is 0 Å². The van der Waals surface area contributed by atoms with E-state index in [9.17, 15) is 13.2 Å². The quantitative estimate of drug-likeness (QED) is 0.862. The summed E-state index contributed by atoms with van der Waals surface area (Å²) in [5.74, 6) is -0.0443. The summed E-state index contributed by atoms with van der Waals surface area (Å²) in [6.07, 6.45) is 0. The first-order chi connectivity index (χ1) is 11.9. The van der Waals surface area contributed by atoms with Crippen molar-refractivity contribution in [1.82, 2.24) is 9.21 Å². The summed E-state index contributed by atoms with van der Waals surface area (Å²) in [6.45, 7) is 11.4. The number of hydrogen-bond donors (Lipinski definition) is 1. The number of amides is 1. The lowest BCUT2D eigenvalue weighted by Crippen LogP contribution is -2.55. The van der Waals surface area contributed by atoms with Gasteiger partial charge in [-0.3, -0.25) is 4.79 Å². The van der Waals surface area contributed by atoms with Crippen molar-refractivity contribution in [3.63, 3.8) is 0 Å². The summed E-state index contributed by atoms with van der Waals surface area (Å²) in [7, 11) is -3.55. The third-order valence-corrected chi connectivity index (χ3v) is 6.82. The van der Waals surface area contributed by atoms with E-state index < -0.39 is 16.1 Å². The lowest BCUT2D eigenvalue weighted by molar-refractivity contribution is -0.134. The van der Waals surface area contributed by atoms with Gasteiger partial charge in [0.2, 0.25) is 15.9 Å². The van der Waals surface area contributed by atoms with E-state index in [0.29, 0.717) is 31.1 Å². The highest BCUT2D eigenvalue weighted by atomic mass is 32.2. The molecule has 0 unspecified atom stereocenters. The Kier molecular flexibility index (Phi) is 6.15. The lowest BCUT2D eigenvalue weighted by atomic mass is 9.87. The summed E-state index contributed by atoms with van der Waals surface area (Å²) < 4.78 is 27.2. The molecule has 26 heavy (non-hydrogen) atoms. The maximum absolute atomic E-state index is 12.9. The number of nitrogens with zero attached hydrogens (tertiary/aromatic N) is 2. The monoisotopic (exact) mass is 381 g/mol. The van der Waals surface area contributed by atoms with Crippen LogP contribution in [-0.2, 0) is 20.2 Å². The van der Waals surface area contributed by atoms with Gasteiger partial charge in [0, 0.05) is 26.2 Å². The Morgan fingerprint density at radius 2 is 1.54 bits per heavy atom. The summed E-state index contributed by atoms with van der Waals surface area (Å²) in [5.41, 5.74) is 7.00. The van der Waals surface area contributed by atoms with Gasteiger partial charge in [-0.05, 0) is 29.0 Å². The van der Waals surface area contributed by atoms with Gasteiger partial charge < -0.3 is 10.6 Å². The van der Waals surface area contributed by atoms with Gasteiger partial charge in [-0.1, -0.05) is 46.8 Å². The van der Waals surface area contributed by atoms with Gasteiger partial charge in [-0.15, -0.1) is 0 Å². The van der Waals surface area contributed by atoms with Crippen LogP contribution in [0.4, 0.5) is 0 Å². The van der Waals surface area contributed by atoms with Crippen LogP contribution in [0, 0.1) is 5.92 Å². The van der Waals surface area contributed by atoms with E-state index in [4.69, 9.17) is 5.73 Å². The molecule has 1 fully saturated rings. The molecule has 1 aliphatic rings. The smallest absolute Gasteiger partial charge is 0.243 e. The van der Waals surface area contributed by atoms with Crippen molar-refractivity contribution < 1.29 is 13.2 Å². The number of piperazine rings is 1. The molecule has 1 saturated heterocycles. The largest absolute Gasteiger partial charge is 0.339 e. The second kappa shape index (κ2) is 7.66. The van der Waals surface area contributed by atoms with Crippen molar-refractivity contribution in [1.29, 1.82) is 0 Å². The first-order valence-corrected chi connectivity index (χ1v) is 10.5. The first-order valence-electron chi connectivity index (χ1n) is 9.09. The number of carbonyl (C=O) groups is 1. The molecule has 0 radical (unpaired) electrons. The second-order valence-corrected chi connectivity index (χ2v) is 10.2. The van der Waals surface area contributed by atoms with Crippen molar-refractivity contribution >= 4 is 15.9 Å². The highest BCUT2D eigenvalue weighted by Gasteiger charge is 2.32. The molecule has 0 saturated carbocycles. The molecular weight excluding hydrogens is 350 g/mol. The average Bonchev–Trinajstić information content (AvgIpc) is 2.59. The number of sulfonamides is 1. The Labute approximate surface area is 157 Å². The van der Waals surface area contributed by atoms with Gasteiger partial charge in [-0.25, -0.2) is 8.42 Å². The Balaban J connectivity index is 2.07. The third-order valence-electron chi connectivity index (χ3n) is 4.91. The molecule has 146 valence electrons. The molecule has 1 aromatic carbocycles. The van der Waals surface area contributed by atoms with E-state index >= 15 is 0 Å². The molecule has 1 atom stereocenters. The van der Waals surface area contributed by atoms with Crippen LogP contribution in [-0.4, -0.2) is 55.8 Å². The van der Waals surface area contributed by atoms with Crippen LogP contribution in [0.15, 0.2) is 29.2 Å². The maximum atomic E-state index is 12.9. The first kappa shape index (κ1) is 20.9. The van der Waals surface area contributed by atoms with Crippen molar-refractivity contribution in [3.8, 4) is 0 Å². The van der Waals surface area contributed by atoms with Crippen LogP contribution >= 0.6 is 0 Å². The van der Waals surface area contributed by atoms with Gasteiger partial charge >= 0.3 is 0 Å². The normalized spacial score (nSPS) is 18.2. The summed E-state index contributed by atoms with van der Waals surface area (Å²) in [6, 6.07) is 6.54. The lowest BCUT2D eigenvalue weighted by Gasteiger charge is -2.35. The molecule has 0 aromatic heterocycles. The molecule has 1 aliphatic heterocycles. The molecule has 6 nitrogen and oxygen atoms in total. The van der Waals surface area contributed by atoms with Crippen molar-refractivity contribution in [2.24, 2.45) is 11.7 Å². The fraction of sp³-hybridized carbons (Fsp3) is 0.632. The van der Waals surface area contributed by atoms with Crippen LogP contribution in [0.5, 0.6) is 0 Å². The maximum Gasteiger partial charge on any atom is 0.243 e.